The third-order valence-electron chi connectivity index (χ3n) is 4.90. The van der Waals surface area contributed by atoms with Crippen molar-refractivity contribution in [2.45, 2.75) is 26.2 Å². The van der Waals surface area contributed by atoms with Crippen molar-refractivity contribution in [3.8, 4) is 27.6 Å². The van der Waals surface area contributed by atoms with Gasteiger partial charge >= 0.3 is 6.09 Å². The number of amides is 1. The van der Waals surface area contributed by atoms with Gasteiger partial charge in [0.2, 0.25) is 5.88 Å². The van der Waals surface area contributed by atoms with Gasteiger partial charge in [0.15, 0.2) is 0 Å². The van der Waals surface area contributed by atoms with E-state index in [4.69, 9.17) is 10.5 Å². The Bertz CT molecular complexity index is 1340. The van der Waals surface area contributed by atoms with Crippen molar-refractivity contribution in [3.05, 3.63) is 70.4 Å². The van der Waals surface area contributed by atoms with E-state index >= 15 is 0 Å². The summed E-state index contributed by atoms with van der Waals surface area (Å²) in [6.45, 7) is 6.01. The molecule has 2 heterocycles. The topological polar surface area (TPSA) is 121 Å². The van der Waals surface area contributed by atoms with Gasteiger partial charge in [0.1, 0.15) is 5.01 Å². The predicted octanol–water partition coefficient (Wildman–Crippen LogP) is 5.69. The van der Waals surface area contributed by atoms with E-state index in [-0.39, 0.29) is 17.0 Å². The minimum atomic E-state index is -0.902. The van der Waals surface area contributed by atoms with Crippen LogP contribution in [0, 0.1) is 10.1 Å². The van der Waals surface area contributed by atoms with E-state index in [2.05, 4.69) is 9.97 Å². The Morgan fingerprint density at radius 3 is 2.38 bits per heavy atom. The van der Waals surface area contributed by atoms with Crippen LogP contribution in [-0.4, -0.2) is 21.0 Å². The van der Waals surface area contributed by atoms with Gasteiger partial charge < -0.3 is 10.5 Å². The third kappa shape index (κ3) is 4.28. The number of nitrogens with two attached hydrogens (primary N) is 1. The summed E-state index contributed by atoms with van der Waals surface area (Å²) in [5.74, 6) is 0.203. The summed E-state index contributed by atoms with van der Waals surface area (Å²) in [5, 5.41) is 11.8. The van der Waals surface area contributed by atoms with Crippen molar-refractivity contribution in [1.82, 2.24) is 9.97 Å². The third-order valence-corrected chi connectivity index (χ3v) is 5.97. The van der Waals surface area contributed by atoms with Gasteiger partial charge in [0.25, 0.3) is 5.69 Å². The summed E-state index contributed by atoms with van der Waals surface area (Å²) in [6, 6.07) is 14.4. The normalized spacial score (nSPS) is 11.5. The first-order valence-corrected chi connectivity index (χ1v) is 10.6. The van der Waals surface area contributed by atoms with E-state index < -0.39 is 11.0 Å². The van der Waals surface area contributed by atoms with Crippen LogP contribution in [0.5, 0.6) is 5.88 Å². The first kappa shape index (κ1) is 21.4. The van der Waals surface area contributed by atoms with E-state index in [1.165, 1.54) is 17.4 Å². The summed E-state index contributed by atoms with van der Waals surface area (Å²) in [7, 11) is 0. The zero-order valence-corrected chi connectivity index (χ0v) is 18.5. The number of non-ortho nitro benzene ring substituents is 1. The number of hydrogen-bond donors (Lipinski definition) is 1. The number of carbonyl (C=O) groups is 1. The van der Waals surface area contributed by atoms with E-state index in [0.29, 0.717) is 0 Å². The second kappa shape index (κ2) is 8.01. The molecule has 0 saturated carbocycles. The van der Waals surface area contributed by atoms with Crippen molar-refractivity contribution >= 4 is 33.3 Å². The summed E-state index contributed by atoms with van der Waals surface area (Å²) in [5.41, 5.74) is 9.13. The van der Waals surface area contributed by atoms with Gasteiger partial charge in [-0.05, 0) is 23.1 Å². The summed E-state index contributed by atoms with van der Waals surface area (Å²) < 4.78 is 5.84. The molecule has 0 aliphatic rings. The number of pyridine rings is 1. The minimum absolute atomic E-state index is 0.0500. The molecule has 9 heteroatoms. The number of nitro benzene ring substituents is 1. The van der Waals surface area contributed by atoms with Crippen LogP contribution in [0.2, 0.25) is 0 Å². The fraction of sp³-hybridized carbons (Fsp3) is 0.174. The Morgan fingerprint density at radius 1 is 1.06 bits per heavy atom. The molecule has 0 radical (unpaired) electrons. The highest BCUT2D eigenvalue weighted by Gasteiger charge is 2.22. The fourth-order valence-corrected chi connectivity index (χ4v) is 4.28. The molecular weight excluding hydrogens is 428 g/mol. The zero-order valence-electron chi connectivity index (χ0n) is 17.7. The number of rotatable bonds is 4. The van der Waals surface area contributed by atoms with Gasteiger partial charge in [-0.2, -0.15) is 0 Å². The monoisotopic (exact) mass is 448 g/mol. The van der Waals surface area contributed by atoms with Crippen LogP contribution in [0.15, 0.2) is 54.7 Å². The molecule has 0 fully saturated rings. The van der Waals surface area contributed by atoms with Gasteiger partial charge in [-0.3, -0.25) is 10.1 Å². The molecule has 8 nitrogen and oxygen atoms in total. The van der Waals surface area contributed by atoms with Gasteiger partial charge in [-0.25, -0.2) is 14.8 Å². The average Bonchev–Trinajstić information content (AvgIpc) is 3.16. The SMILES string of the molecule is CC(C)(C)c1cc(-c2ccc(-c3nc4ccc([N+](=O)[O-])cc4s3)cc2)cnc1OC(N)=O. The fourth-order valence-electron chi connectivity index (χ4n) is 3.28. The van der Waals surface area contributed by atoms with Gasteiger partial charge in [0.05, 0.1) is 15.1 Å². The number of thiazole rings is 1. The molecule has 4 rings (SSSR count). The largest absolute Gasteiger partial charge is 0.411 e. The van der Waals surface area contributed by atoms with E-state index in [1.54, 1.807) is 18.3 Å². The van der Waals surface area contributed by atoms with E-state index in [9.17, 15) is 14.9 Å². The molecule has 2 N–H and O–H groups in total. The maximum Gasteiger partial charge on any atom is 0.411 e. The lowest BCUT2D eigenvalue weighted by atomic mass is 9.86. The second-order valence-electron chi connectivity index (χ2n) is 8.25. The molecule has 0 atom stereocenters. The quantitative estimate of drug-likeness (QED) is 0.316. The summed E-state index contributed by atoms with van der Waals surface area (Å²) in [4.78, 5) is 30.7. The highest BCUT2D eigenvalue weighted by Crippen LogP contribution is 2.35. The molecule has 2 aromatic heterocycles. The van der Waals surface area contributed by atoms with Crippen LogP contribution in [-0.2, 0) is 5.41 Å². The average molecular weight is 449 g/mol. The van der Waals surface area contributed by atoms with Crippen molar-refractivity contribution < 1.29 is 14.5 Å². The molecule has 0 saturated heterocycles. The van der Waals surface area contributed by atoms with Crippen LogP contribution in [0.25, 0.3) is 31.9 Å². The first-order valence-electron chi connectivity index (χ1n) is 9.75. The molecule has 0 aliphatic carbocycles. The molecule has 2 aromatic carbocycles. The maximum atomic E-state index is 11.2. The van der Waals surface area contributed by atoms with Gasteiger partial charge in [0, 0.05) is 35.0 Å². The lowest BCUT2D eigenvalue weighted by molar-refractivity contribution is -0.384. The molecule has 0 spiro atoms. The number of ether oxygens (including phenoxy) is 1. The molecule has 4 aromatic rings. The van der Waals surface area contributed by atoms with Crippen LogP contribution < -0.4 is 10.5 Å². The Kier molecular flexibility index (Phi) is 5.35. The second-order valence-corrected chi connectivity index (χ2v) is 9.28. The zero-order chi connectivity index (χ0) is 23.0. The molecular formula is C23H20N4O4S. The van der Waals surface area contributed by atoms with Crippen LogP contribution in [0.3, 0.4) is 0 Å². The highest BCUT2D eigenvalue weighted by molar-refractivity contribution is 7.21. The molecule has 32 heavy (non-hydrogen) atoms. The Balaban J connectivity index is 1.67. The van der Waals surface area contributed by atoms with E-state index in [1.807, 2.05) is 51.1 Å². The van der Waals surface area contributed by atoms with Crippen molar-refractivity contribution in [3.63, 3.8) is 0 Å². The van der Waals surface area contributed by atoms with Gasteiger partial charge in [-0.15, -0.1) is 11.3 Å². The number of fused-ring (bicyclic) bond motifs is 1. The molecule has 0 unspecified atom stereocenters. The number of nitrogens with zero attached hydrogens (tertiary/aromatic N) is 3. The first-order chi connectivity index (χ1) is 15.1. The Morgan fingerprint density at radius 2 is 1.75 bits per heavy atom. The standard InChI is InChI=1S/C23H20N4O4S/c1-23(2,3)17-10-15(12-25-20(17)31-22(24)28)13-4-6-14(7-5-13)21-26-18-9-8-16(27(29)30)11-19(18)32-21/h4-12H,1-3H3,(H2,24,28). The lowest BCUT2D eigenvalue weighted by Crippen LogP contribution is -2.21. The molecule has 162 valence electrons. The highest BCUT2D eigenvalue weighted by atomic mass is 32.1. The number of benzene rings is 2. The van der Waals surface area contributed by atoms with E-state index in [0.717, 1.165) is 37.5 Å². The smallest absolute Gasteiger partial charge is 0.391 e. The van der Waals surface area contributed by atoms with Gasteiger partial charge in [-0.1, -0.05) is 45.0 Å². The van der Waals surface area contributed by atoms with Crippen LogP contribution in [0.1, 0.15) is 26.3 Å². The summed E-state index contributed by atoms with van der Waals surface area (Å²) in [6.07, 6.45) is 0.737. The van der Waals surface area contributed by atoms with Crippen LogP contribution >= 0.6 is 11.3 Å². The molecule has 0 aliphatic heterocycles. The summed E-state index contributed by atoms with van der Waals surface area (Å²) >= 11 is 1.41. The minimum Gasteiger partial charge on any atom is -0.391 e. The number of aromatic nitrogens is 2. The Hall–Kier alpha value is -3.85. The Labute approximate surface area is 187 Å². The van der Waals surface area contributed by atoms with Crippen LogP contribution in [0.4, 0.5) is 10.5 Å². The lowest BCUT2D eigenvalue weighted by Gasteiger charge is -2.22. The van der Waals surface area contributed by atoms with Crippen molar-refractivity contribution in [2.24, 2.45) is 5.73 Å². The number of nitro groups is 1. The van der Waals surface area contributed by atoms with Crippen molar-refractivity contribution in [1.29, 1.82) is 0 Å². The van der Waals surface area contributed by atoms with Crippen molar-refractivity contribution in [2.75, 3.05) is 0 Å². The predicted molar refractivity (Wildman–Crippen MR) is 124 cm³/mol. The number of hydrogen-bond acceptors (Lipinski definition) is 7. The molecule has 1 amide bonds. The number of primary amides is 1. The number of carbonyl (C=O) groups excluding carboxylic acids is 1. The molecule has 0 bridgehead atoms. The maximum absolute atomic E-state index is 11.2.